The van der Waals surface area contributed by atoms with Crippen LogP contribution in [0.25, 0.3) is 0 Å². The molecule has 0 bridgehead atoms. The highest BCUT2D eigenvalue weighted by Gasteiger charge is 2.13. The molecule has 1 aliphatic rings. The summed E-state index contributed by atoms with van der Waals surface area (Å²) in [7, 11) is -1.03. The van der Waals surface area contributed by atoms with Gasteiger partial charge in [0.15, 0.2) is 0 Å². The predicted octanol–water partition coefficient (Wildman–Crippen LogP) is 1.47. The van der Waals surface area contributed by atoms with Gasteiger partial charge < -0.3 is 10.5 Å². The minimum atomic E-state index is -1.03. The summed E-state index contributed by atoms with van der Waals surface area (Å²) in [5.41, 5.74) is 6.46. The highest BCUT2D eigenvalue weighted by molar-refractivity contribution is 9.10. The van der Waals surface area contributed by atoms with Gasteiger partial charge in [0, 0.05) is 35.5 Å². The Kier molecular flexibility index (Phi) is 5.17. The van der Waals surface area contributed by atoms with Gasteiger partial charge >= 0.3 is 0 Å². The van der Waals surface area contributed by atoms with Crippen molar-refractivity contribution in [2.24, 2.45) is 0 Å². The lowest BCUT2D eigenvalue weighted by Gasteiger charge is -2.26. The molecule has 0 saturated carbocycles. The maximum atomic E-state index is 12.2. The molecule has 0 spiro atoms. The molecular weight excluding hydrogens is 316 g/mol. The molecule has 6 heteroatoms. The number of morpholine rings is 1. The fraction of sp³-hybridized carbons (Fsp3) is 0.500. The third-order valence-corrected chi connectivity index (χ3v) is 4.82. The van der Waals surface area contributed by atoms with Crippen LogP contribution in [-0.4, -0.2) is 47.7 Å². The average Bonchev–Trinajstić information content (AvgIpc) is 2.37. The highest BCUT2D eigenvalue weighted by atomic mass is 79.9. The lowest BCUT2D eigenvalue weighted by Crippen LogP contribution is -2.38. The van der Waals surface area contributed by atoms with Gasteiger partial charge in [-0.15, -0.1) is 0 Å². The van der Waals surface area contributed by atoms with E-state index in [2.05, 4.69) is 20.8 Å². The van der Waals surface area contributed by atoms with Crippen LogP contribution in [0.1, 0.15) is 0 Å². The van der Waals surface area contributed by atoms with Crippen LogP contribution in [0.2, 0.25) is 0 Å². The van der Waals surface area contributed by atoms with Crippen LogP contribution < -0.4 is 5.73 Å². The third-order valence-electron chi connectivity index (χ3n) is 2.91. The summed E-state index contributed by atoms with van der Waals surface area (Å²) in [6.45, 7) is 4.21. The van der Waals surface area contributed by atoms with E-state index in [-0.39, 0.29) is 0 Å². The summed E-state index contributed by atoms with van der Waals surface area (Å²) in [5.74, 6) is 0.617. The molecule has 2 rings (SSSR count). The van der Waals surface area contributed by atoms with Crippen LogP contribution >= 0.6 is 15.9 Å². The van der Waals surface area contributed by atoms with Gasteiger partial charge in [-0.25, -0.2) is 0 Å². The Hall–Kier alpha value is -0.430. The van der Waals surface area contributed by atoms with Gasteiger partial charge in [-0.05, 0) is 18.2 Å². The Bertz CT molecular complexity index is 436. The normalized spacial score (nSPS) is 18.7. The third kappa shape index (κ3) is 3.78. The molecule has 0 radical (unpaired) electrons. The molecule has 1 heterocycles. The fourth-order valence-corrected chi connectivity index (χ4v) is 3.44. The first kappa shape index (κ1) is 14.0. The smallest absolute Gasteiger partial charge is 0.0618 e. The van der Waals surface area contributed by atoms with Gasteiger partial charge in [0.25, 0.3) is 0 Å². The summed E-state index contributed by atoms with van der Waals surface area (Å²) in [6.07, 6.45) is 0. The van der Waals surface area contributed by atoms with E-state index in [9.17, 15) is 4.21 Å². The zero-order chi connectivity index (χ0) is 13.0. The number of nitrogens with two attached hydrogens (primary N) is 1. The van der Waals surface area contributed by atoms with Crippen molar-refractivity contribution in [1.29, 1.82) is 0 Å². The number of rotatable bonds is 4. The first-order valence-corrected chi connectivity index (χ1v) is 8.01. The van der Waals surface area contributed by atoms with Gasteiger partial charge in [-0.3, -0.25) is 9.11 Å². The van der Waals surface area contributed by atoms with E-state index >= 15 is 0 Å². The number of hydrogen-bond acceptors (Lipinski definition) is 4. The van der Waals surface area contributed by atoms with Crippen molar-refractivity contribution in [1.82, 2.24) is 4.90 Å². The first-order chi connectivity index (χ1) is 8.66. The molecule has 1 aliphatic heterocycles. The second kappa shape index (κ2) is 6.65. The molecule has 1 aromatic rings. The maximum Gasteiger partial charge on any atom is 0.0618 e. The quantitative estimate of drug-likeness (QED) is 0.848. The first-order valence-electron chi connectivity index (χ1n) is 5.90. The second-order valence-electron chi connectivity index (χ2n) is 4.19. The SMILES string of the molecule is Nc1cc(Br)ccc1S(=O)CCN1CCOCC1. The molecule has 1 fully saturated rings. The molecule has 2 N–H and O–H groups in total. The average molecular weight is 333 g/mol. The number of nitrogen functional groups attached to an aromatic ring is 1. The lowest BCUT2D eigenvalue weighted by atomic mass is 10.3. The van der Waals surface area contributed by atoms with Crippen LogP contribution in [0.3, 0.4) is 0 Å². The summed E-state index contributed by atoms with van der Waals surface area (Å²) in [6, 6.07) is 5.50. The molecule has 0 amide bonds. The van der Waals surface area contributed by atoms with E-state index in [1.54, 1.807) is 6.07 Å². The van der Waals surface area contributed by atoms with Crippen molar-refractivity contribution >= 4 is 32.4 Å². The van der Waals surface area contributed by atoms with Crippen molar-refractivity contribution in [3.63, 3.8) is 0 Å². The Morgan fingerprint density at radius 1 is 1.39 bits per heavy atom. The number of benzene rings is 1. The molecular formula is C12H17BrN2O2S. The molecule has 100 valence electrons. The van der Waals surface area contributed by atoms with Gasteiger partial charge in [0.1, 0.15) is 0 Å². The lowest BCUT2D eigenvalue weighted by molar-refractivity contribution is 0.0409. The Morgan fingerprint density at radius 2 is 2.11 bits per heavy atom. The van der Waals surface area contributed by atoms with E-state index in [0.717, 1.165) is 42.2 Å². The number of nitrogens with zero attached hydrogens (tertiary/aromatic N) is 1. The second-order valence-corrected chi connectivity index (χ2v) is 6.64. The van der Waals surface area contributed by atoms with Crippen LogP contribution in [-0.2, 0) is 15.5 Å². The topological polar surface area (TPSA) is 55.6 Å². The molecule has 18 heavy (non-hydrogen) atoms. The van der Waals surface area contributed by atoms with Crippen LogP contribution in [0, 0.1) is 0 Å². The van der Waals surface area contributed by atoms with Crippen molar-refractivity contribution in [3.05, 3.63) is 22.7 Å². The summed E-state index contributed by atoms with van der Waals surface area (Å²) in [5, 5.41) is 0. The van der Waals surface area contributed by atoms with Gasteiger partial charge in [-0.1, -0.05) is 15.9 Å². The molecule has 0 aliphatic carbocycles. The zero-order valence-electron chi connectivity index (χ0n) is 10.1. The highest BCUT2D eigenvalue weighted by Crippen LogP contribution is 2.21. The van der Waals surface area contributed by atoms with Crippen molar-refractivity contribution in [2.75, 3.05) is 44.3 Å². The van der Waals surface area contributed by atoms with Gasteiger partial charge in [0.2, 0.25) is 0 Å². The van der Waals surface area contributed by atoms with Gasteiger partial charge in [0.05, 0.1) is 28.9 Å². The molecule has 4 nitrogen and oxygen atoms in total. The summed E-state index contributed by atoms with van der Waals surface area (Å²) >= 11 is 3.35. The molecule has 1 unspecified atom stereocenters. The number of hydrogen-bond donors (Lipinski definition) is 1. The minimum absolute atomic E-state index is 0.588. The number of ether oxygens (including phenoxy) is 1. The van der Waals surface area contributed by atoms with Crippen LogP contribution in [0.5, 0.6) is 0 Å². The largest absolute Gasteiger partial charge is 0.398 e. The van der Waals surface area contributed by atoms with E-state index < -0.39 is 10.8 Å². The number of anilines is 1. The van der Waals surface area contributed by atoms with E-state index in [1.807, 2.05) is 12.1 Å². The molecule has 0 aromatic heterocycles. The van der Waals surface area contributed by atoms with Crippen LogP contribution in [0.4, 0.5) is 5.69 Å². The standard InChI is InChI=1S/C12H17BrN2O2S/c13-10-1-2-12(11(14)9-10)18(16)8-5-15-3-6-17-7-4-15/h1-2,9H,3-8,14H2. The Labute approximate surface area is 118 Å². The monoisotopic (exact) mass is 332 g/mol. The van der Waals surface area contributed by atoms with Crippen molar-refractivity contribution in [2.45, 2.75) is 4.90 Å². The fourth-order valence-electron chi connectivity index (χ4n) is 1.87. The Morgan fingerprint density at radius 3 is 2.78 bits per heavy atom. The zero-order valence-corrected chi connectivity index (χ0v) is 12.5. The minimum Gasteiger partial charge on any atom is -0.398 e. The molecule has 1 saturated heterocycles. The Balaban J connectivity index is 1.90. The summed E-state index contributed by atoms with van der Waals surface area (Å²) in [4.78, 5) is 3.00. The van der Waals surface area contributed by atoms with E-state index in [0.29, 0.717) is 11.4 Å². The molecule has 1 atom stereocenters. The number of halogens is 1. The van der Waals surface area contributed by atoms with E-state index in [4.69, 9.17) is 10.5 Å². The summed E-state index contributed by atoms with van der Waals surface area (Å²) < 4.78 is 18.4. The van der Waals surface area contributed by atoms with Gasteiger partial charge in [-0.2, -0.15) is 0 Å². The maximum absolute atomic E-state index is 12.2. The van der Waals surface area contributed by atoms with Crippen molar-refractivity contribution < 1.29 is 8.95 Å². The van der Waals surface area contributed by atoms with Crippen LogP contribution in [0.15, 0.2) is 27.6 Å². The predicted molar refractivity (Wildman–Crippen MR) is 77.1 cm³/mol. The van der Waals surface area contributed by atoms with Crippen molar-refractivity contribution in [3.8, 4) is 0 Å². The molecule has 1 aromatic carbocycles. The van der Waals surface area contributed by atoms with E-state index in [1.165, 1.54) is 0 Å².